The van der Waals surface area contributed by atoms with Crippen molar-refractivity contribution in [2.45, 2.75) is 52.1 Å². The van der Waals surface area contributed by atoms with Crippen LogP contribution in [0.15, 0.2) is 17.5 Å². The molecule has 1 atom stereocenters. The minimum Gasteiger partial charge on any atom is -0.481 e. The zero-order valence-corrected chi connectivity index (χ0v) is 13.7. The maximum Gasteiger partial charge on any atom is 0.317 e. The average Bonchev–Trinajstić information content (AvgIpc) is 2.86. The van der Waals surface area contributed by atoms with E-state index in [2.05, 4.69) is 11.4 Å². The number of rotatable bonds is 8. The zero-order chi connectivity index (χ0) is 15.8. The first-order valence-electron chi connectivity index (χ1n) is 7.21. The second kappa shape index (κ2) is 8.67. The normalized spacial score (nSPS) is 12.2. The molecule has 118 valence electrons. The van der Waals surface area contributed by atoms with Gasteiger partial charge in [0.1, 0.15) is 0 Å². The first-order chi connectivity index (χ1) is 9.90. The van der Waals surface area contributed by atoms with Crippen molar-refractivity contribution >= 4 is 23.3 Å². The lowest BCUT2D eigenvalue weighted by Gasteiger charge is -2.28. The first-order valence-corrected chi connectivity index (χ1v) is 8.09. The molecular formula is C15H24N2O3S. The number of urea groups is 1. The van der Waals surface area contributed by atoms with Gasteiger partial charge in [-0.15, -0.1) is 11.3 Å². The Morgan fingerprint density at radius 1 is 1.38 bits per heavy atom. The molecule has 0 bridgehead atoms. The largest absolute Gasteiger partial charge is 0.481 e. The fraction of sp³-hybridized carbons (Fsp3) is 0.600. The molecule has 0 aliphatic carbocycles. The number of hydrogen-bond acceptors (Lipinski definition) is 3. The Morgan fingerprint density at radius 2 is 2.10 bits per heavy atom. The van der Waals surface area contributed by atoms with E-state index < -0.39 is 5.97 Å². The summed E-state index contributed by atoms with van der Waals surface area (Å²) in [5, 5.41) is 13.7. The van der Waals surface area contributed by atoms with Gasteiger partial charge in [0.15, 0.2) is 0 Å². The van der Waals surface area contributed by atoms with Crippen LogP contribution in [0.1, 0.15) is 38.5 Å². The molecule has 0 aliphatic heterocycles. The standard InChI is InChI=1S/C15H24N2O3S/c1-11(2)17(8-4-7-14(18)19)15(20)16-12(3)10-13-6-5-9-21-13/h5-6,9,11-12H,4,7-8,10H2,1-3H3,(H,16,20)(H,18,19). The van der Waals surface area contributed by atoms with Gasteiger partial charge in [-0.1, -0.05) is 6.07 Å². The zero-order valence-electron chi connectivity index (χ0n) is 12.8. The Balaban J connectivity index is 2.46. The van der Waals surface area contributed by atoms with Crippen molar-refractivity contribution in [3.8, 4) is 0 Å². The van der Waals surface area contributed by atoms with Crippen LogP contribution in [0.2, 0.25) is 0 Å². The Kier molecular flexibility index (Phi) is 7.22. The van der Waals surface area contributed by atoms with Gasteiger partial charge in [-0.05, 0) is 38.6 Å². The molecule has 2 amide bonds. The molecule has 0 radical (unpaired) electrons. The maximum absolute atomic E-state index is 12.3. The van der Waals surface area contributed by atoms with Crippen molar-refractivity contribution in [2.75, 3.05) is 6.54 Å². The third kappa shape index (κ3) is 6.62. The molecular weight excluding hydrogens is 288 g/mol. The van der Waals surface area contributed by atoms with Crippen LogP contribution in [0.3, 0.4) is 0 Å². The number of carboxylic acid groups (broad SMARTS) is 1. The number of aliphatic carboxylic acids is 1. The van der Waals surface area contributed by atoms with Gasteiger partial charge in [-0.25, -0.2) is 4.79 Å². The van der Waals surface area contributed by atoms with Crippen molar-refractivity contribution in [2.24, 2.45) is 0 Å². The number of nitrogens with zero attached hydrogens (tertiary/aromatic N) is 1. The van der Waals surface area contributed by atoms with Gasteiger partial charge in [-0.3, -0.25) is 4.79 Å². The second-order valence-corrected chi connectivity index (χ2v) is 6.45. The van der Waals surface area contributed by atoms with Gasteiger partial charge in [-0.2, -0.15) is 0 Å². The molecule has 0 fully saturated rings. The Hall–Kier alpha value is -1.56. The Bertz CT molecular complexity index is 446. The van der Waals surface area contributed by atoms with Crippen LogP contribution in [0.25, 0.3) is 0 Å². The first kappa shape index (κ1) is 17.5. The van der Waals surface area contributed by atoms with Gasteiger partial charge >= 0.3 is 12.0 Å². The van der Waals surface area contributed by atoms with E-state index >= 15 is 0 Å². The lowest BCUT2D eigenvalue weighted by molar-refractivity contribution is -0.137. The highest BCUT2D eigenvalue weighted by atomic mass is 32.1. The van der Waals surface area contributed by atoms with E-state index in [9.17, 15) is 9.59 Å². The van der Waals surface area contributed by atoms with Crippen molar-refractivity contribution in [1.82, 2.24) is 10.2 Å². The molecule has 2 N–H and O–H groups in total. The van der Waals surface area contributed by atoms with Crippen molar-refractivity contribution < 1.29 is 14.7 Å². The van der Waals surface area contributed by atoms with Crippen molar-refractivity contribution in [1.29, 1.82) is 0 Å². The van der Waals surface area contributed by atoms with Crippen LogP contribution >= 0.6 is 11.3 Å². The monoisotopic (exact) mass is 312 g/mol. The van der Waals surface area contributed by atoms with E-state index in [1.807, 2.05) is 32.2 Å². The third-order valence-electron chi connectivity index (χ3n) is 3.13. The van der Waals surface area contributed by atoms with Crippen LogP contribution in [-0.4, -0.2) is 40.6 Å². The molecule has 1 unspecified atom stereocenters. The van der Waals surface area contributed by atoms with Crippen molar-refractivity contribution in [3.63, 3.8) is 0 Å². The number of carbonyl (C=O) groups excluding carboxylic acids is 1. The molecule has 21 heavy (non-hydrogen) atoms. The maximum atomic E-state index is 12.3. The number of carboxylic acids is 1. The second-order valence-electron chi connectivity index (χ2n) is 5.42. The van der Waals surface area contributed by atoms with Gasteiger partial charge < -0.3 is 15.3 Å². The molecule has 0 aromatic carbocycles. The highest BCUT2D eigenvalue weighted by molar-refractivity contribution is 7.09. The summed E-state index contributed by atoms with van der Waals surface area (Å²) in [4.78, 5) is 25.8. The summed E-state index contributed by atoms with van der Waals surface area (Å²) in [6.07, 6.45) is 1.37. The summed E-state index contributed by atoms with van der Waals surface area (Å²) in [7, 11) is 0. The van der Waals surface area contributed by atoms with Crippen LogP contribution in [0.4, 0.5) is 4.79 Å². The highest BCUT2D eigenvalue weighted by Crippen LogP contribution is 2.11. The van der Waals surface area contributed by atoms with E-state index in [1.54, 1.807) is 16.2 Å². The van der Waals surface area contributed by atoms with E-state index in [1.165, 1.54) is 4.88 Å². The van der Waals surface area contributed by atoms with Crippen LogP contribution in [0, 0.1) is 0 Å². The minimum atomic E-state index is -0.829. The molecule has 1 aromatic heterocycles. The van der Waals surface area contributed by atoms with Crippen LogP contribution in [-0.2, 0) is 11.2 Å². The summed E-state index contributed by atoms with van der Waals surface area (Å²) < 4.78 is 0. The summed E-state index contributed by atoms with van der Waals surface area (Å²) in [5.74, 6) is -0.829. The quantitative estimate of drug-likeness (QED) is 0.775. The summed E-state index contributed by atoms with van der Waals surface area (Å²) in [6, 6.07) is 4.03. The fourth-order valence-electron chi connectivity index (χ4n) is 2.07. The molecule has 5 nitrogen and oxygen atoms in total. The lowest BCUT2D eigenvalue weighted by atomic mass is 10.2. The van der Waals surface area contributed by atoms with Gasteiger partial charge in [0, 0.05) is 36.3 Å². The number of amides is 2. The van der Waals surface area contributed by atoms with Gasteiger partial charge in [0.2, 0.25) is 0 Å². The smallest absolute Gasteiger partial charge is 0.317 e. The van der Waals surface area contributed by atoms with E-state index in [0.717, 1.165) is 6.42 Å². The summed E-state index contributed by atoms with van der Waals surface area (Å²) in [5.41, 5.74) is 0. The third-order valence-corrected chi connectivity index (χ3v) is 4.03. The van der Waals surface area contributed by atoms with Crippen LogP contribution < -0.4 is 5.32 Å². The topological polar surface area (TPSA) is 69.6 Å². The van der Waals surface area contributed by atoms with Crippen LogP contribution in [0.5, 0.6) is 0 Å². The number of hydrogen-bond donors (Lipinski definition) is 2. The predicted molar refractivity (Wildman–Crippen MR) is 84.7 cm³/mol. The molecule has 6 heteroatoms. The number of carbonyl (C=O) groups is 2. The fourth-order valence-corrected chi connectivity index (χ4v) is 2.91. The predicted octanol–water partition coefficient (Wildman–Crippen LogP) is 2.96. The molecule has 1 rings (SSSR count). The molecule has 1 heterocycles. The molecule has 0 saturated heterocycles. The SMILES string of the molecule is CC(Cc1cccs1)NC(=O)N(CCCC(=O)O)C(C)C. The van der Waals surface area contributed by atoms with Gasteiger partial charge in [0.05, 0.1) is 0 Å². The Morgan fingerprint density at radius 3 is 2.62 bits per heavy atom. The van der Waals surface area contributed by atoms with E-state index in [4.69, 9.17) is 5.11 Å². The lowest BCUT2D eigenvalue weighted by Crippen LogP contribution is -2.47. The van der Waals surface area contributed by atoms with Gasteiger partial charge in [0.25, 0.3) is 0 Å². The molecule has 0 saturated carbocycles. The van der Waals surface area contributed by atoms with E-state index in [0.29, 0.717) is 13.0 Å². The Labute approximate surface area is 130 Å². The highest BCUT2D eigenvalue weighted by Gasteiger charge is 2.18. The van der Waals surface area contributed by atoms with E-state index in [-0.39, 0.29) is 24.5 Å². The number of thiophene rings is 1. The molecule has 0 spiro atoms. The summed E-state index contributed by atoms with van der Waals surface area (Å²) >= 11 is 1.68. The molecule has 0 aliphatic rings. The number of nitrogens with one attached hydrogen (secondary N) is 1. The average molecular weight is 312 g/mol. The molecule has 1 aromatic rings. The summed E-state index contributed by atoms with van der Waals surface area (Å²) in [6.45, 7) is 6.31. The van der Waals surface area contributed by atoms with Crippen molar-refractivity contribution in [3.05, 3.63) is 22.4 Å². The minimum absolute atomic E-state index is 0.0488.